The Labute approximate surface area is 359 Å². The molecule has 10 saturated heterocycles. The highest BCUT2D eigenvalue weighted by Gasteiger charge is 2.68. The zero-order chi connectivity index (χ0) is 42.2. The van der Waals surface area contributed by atoms with Gasteiger partial charge in [-0.05, 0) is 75.9 Å². The number of esters is 1. The van der Waals surface area contributed by atoms with Crippen molar-refractivity contribution in [1.82, 2.24) is 0 Å². The van der Waals surface area contributed by atoms with Crippen molar-refractivity contribution in [3.8, 4) is 0 Å². The van der Waals surface area contributed by atoms with Crippen LogP contribution in [-0.4, -0.2) is 151 Å². The minimum Gasteiger partial charge on any atom is -0.469 e. The summed E-state index contributed by atoms with van der Waals surface area (Å²) in [6.45, 7) is 17.1. The predicted octanol–water partition coefficient (Wildman–Crippen LogP) is 4.80. The van der Waals surface area contributed by atoms with Gasteiger partial charge in [0.1, 0.15) is 36.6 Å². The van der Waals surface area contributed by atoms with Crippen molar-refractivity contribution in [2.75, 3.05) is 13.7 Å². The molecular formula is C45H67ClO14. The lowest BCUT2D eigenvalue weighted by Gasteiger charge is -2.53. The molecule has 0 radical (unpaired) electrons. The van der Waals surface area contributed by atoms with Crippen LogP contribution in [0, 0.1) is 11.8 Å². The third-order valence-electron chi connectivity index (χ3n) is 15.1. The molecule has 0 aliphatic carbocycles. The summed E-state index contributed by atoms with van der Waals surface area (Å²) in [6.07, 6.45) is 1.83. The molecule has 10 heterocycles. The van der Waals surface area contributed by atoms with E-state index in [-0.39, 0.29) is 115 Å². The number of aliphatic hydroxyl groups is 2. The van der Waals surface area contributed by atoms with Gasteiger partial charge in [-0.1, -0.05) is 27.0 Å². The number of hydrogen-bond acceptors (Lipinski definition) is 14. The average molecular weight is 867 g/mol. The van der Waals surface area contributed by atoms with Crippen molar-refractivity contribution in [1.29, 1.82) is 0 Å². The Morgan fingerprint density at radius 3 is 2.42 bits per heavy atom. The summed E-state index contributed by atoms with van der Waals surface area (Å²) < 4.78 is 69.6. The fraction of sp³-hybridized carbons (Fsp3) is 0.889. The normalized spacial score (nSPS) is 48.6. The Hall–Kier alpha value is -1.24. The molecule has 10 rings (SSSR count). The number of halogens is 1. The quantitative estimate of drug-likeness (QED) is 0.148. The van der Waals surface area contributed by atoms with Gasteiger partial charge in [-0.2, -0.15) is 0 Å². The third kappa shape index (κ3) is 8.66. The molecule has 0 aromatic carbocycles. The van der Waals surface area contributed by atoms with Gasteiger partial charge in [0.25, 0.3) is 0 Å². The van der Waals surface area contributed by atoms with Crippen LogP contribution in [0.1, 0.15) is 105 Å². The second-order valence-electron chi connectivity index (χ2n) is 19.7. The number of fused-ring (bicyclic) bond motifs is 3. The highest BCUT2D eigenvalue weighted by atomic mass is 35.5. The first-order valence-corrected chi connectivity index (χ1v) is 23.1. The van der Waals surface area contributed by atoms with Gasteiger partial charge < -0.3 is 62.3 Å². The molecule has 338 valence electrons. The minimum absolute atomic E-state index is 0.0911. The van der Waals surface area contributed by atoms with E-state index in [0.717, 1.165) is 18.4 Å². The van der Waals surface area contributed by atoms with Crippen molar-refractivity contribution < 1.29 is 67.1 Å². The van der Waals surface area contributed by atoms with E-state index in [0.29, 0.717) is 70.0 Å². The van der Waals surface area contributed by atoms with E-state index in [1.807, 2.05) is 20.8 Å². The first kappa shape index (κ1) is 44.0. The van der Waals surface area contributed by atoms with Crippen LogP contribution in [0.3, 0.4) is 0 Å². The van der Waals surface area contributed by atoms with Gasteiger partial charge in [0.15, 0.2) is 11.6 Å². The molecule has 0 spiro atoms. The average Bonchev–Trinajstić information content (AvgIpc) is 3.63. The standard InChI is InChI=1S/C45H67ClO14/c1-21-15-26(52-30(23(21)3)17-32-37(49)24(4)38-33(54-32)18-31-35(57-38)20-51-44(5,6)58-31)8-10-28(47)22(2)14-25(46)12-13-45-19-34-40(59-45)41-42(56-34)43(60-45)39-29(55-41)11-9-27(53-39)16-36(48)50-7/h21,24-35,37-43,47,49H,2-3,8-20H2,1,4-7H3/t21-,24-,25-,26+,27-,28+,29+,30?,31-,32+,33+,34?,35-,37-,38+,39+,40?,41+,42-,43+,45?/m1/s1. The highest BCUT2D eigenvalue weighted by molar-refractivity contribution is 6.20. The minimum atomic E-state index is -0.884. The number of rotatable bonds is 13. The van der Waals surface area contributed by atoms with Crippen LogP contribution in [0.2, 0.25) is 0 Å². The van der Waals surface area contributed by atoms with Crippen LogP contribution >= 0.6 is 11.6 Å². The predicted molar refractivity (Wildman–Crippen MR) is 215 cm³/mol. The van der Waals surface area contributed by atoms with Gasteiger partial charge in [0.2, 0.25) is 0 Å². The molecule has 10 fully saturated rings. The van der Waals surface area contributed by atoms with Crippen LogP contribution in [0.4, 0.5) is 0 Å². The first-order valence-electron chi connectivity index (χ1n) is 22.6. The molecule has 0 amide bonds. The van der Waals surface area contributed by atoms with E-state index in [1.54, 1.807) is 0 Å². The van der Waals surface area contributed by atoms with Crippen LogP contribution in [0.15, 0.2) is 24.3 Å². The first-order chi connectivity index (χ1) is 28.6. The molecular weight excluding hydrogens is 800 g/mol. The van der Waals surface area contributed by atoms with Gasteiger partial charge in [0, 0.05) is 37.0 Å². The lowest BCUT2D eigenvalue weighted by atomic mass is 9.79. The van der Waals surface area contributed by atoms with Crippen LogP contribution < -0.4 is 0 Å². The fourth-order valence-corrected chi connectivity index (χ4v) is 12.0. The zero-order valence-electron chi connectivity index (χ0n) is 35.8. The Morgan fingerprint density at radius 2 is 1.62 bits per heavy atom. The molecule has 6 bridgehead atoms. The van der Waals surface area contributed by atoms with Crippen molar-refractivity contribution in [2.45, 2.75) is 225 Å². The van der Waals surface area contributed by atoms with E-state index in [4.69, 9.17) is 63.7 Å². The Balaban J connectivity index is 0.748. The van der Waals surface area contributed by atoms with E-state index >= 15 is 0 Å². The molecule has 2 N–H and O–H groups in total. The van der Waals surface area contributed by atoms with Gasteiger partial charge >= 0.3 is 5.97 Å². The molecule has 60 heavy (non-hydrogen) atoms. The second kappa shape index (κ2) is 17.3. The van der Waals surface area contributed by atoms with E-state index in [2.05, 4.69) is 20.1 Å². The number of carbonyl (C=O) groups is 1. The lowest BCUT2D eigenvalue weighted by Crippen LogP contribution is -2.63. The molecule has 21 atom stereocenters. The van der Waals surface area contributed by atoms with Gasteiger partial charge in [-0.15, -0.1) is 11.6 Å². The van der Waals surface area contributed by atoms with E-state index < -0.39 is 29.9 Å². The van der Waals surface area contributed by atoms with Crippen LogP contribution in [-0.2, 0) is 56.9 Å². The van der Waals surface area contributed by atoms with Gasteiger partial charge in [0.05, 0.1) is 87.3 Å². The SMILES string of the molecule is C=C1C(C[C@@H]2O[C@H]3C[C@H]4OC(C)(C)OC[C@H]4O[C@H]3[C@H](C)[C@H]2O)O[C@@H](CC[C@H](O)C(=C)C[C@H](Cl)CCC23CC4O[C@H]5[C@@H](O2)[C@H]2O[C@@H](CC(=O)OC)CC[C@@H]2O[C@H]5C4O3)C[C@H]1C. The molecule has 10 aliphatic rings. The Morgan fingerprint density at radius 1 is 0.867 bits per heavy atom. The van der Waals surface area contributed by atoms with Crippen molar-refractivity contribution >= 4 is 17.6 Å². The summed E-state index contributed by atoms with van der Waals surface area (Å²) in [5.74, 6) is -1.78. The maximum Gasteiger partial charge on any atom is 0.308 e. The topological polar surface area (TPSA) is 159 Å². The number of aliphatic hydroxyl groups excluding tert-OH is 2. The summed E-state index contributed by atoms with van der Waals surface area (Å²) in [4.78, 5) is 12.0. The molecule has 0 aromatic rings. The lowest BCUT2D eigenvalue weighted by molar-refractivity contribution is -0.355. The second-order valence-corrected chi connectivity index (χ2v) is 20.3. The van der Waals surface area contributed by atoms with Gasteiger partial charge in [-0.25, -0.2) is 0 Å². The van der Waals surface area contributed by atoms with Crippen molar-refractivity contribution in [3.05, 3.63) is 24.3 Å². The maximum absolute atomic E-state index is 12.0. The Kier molecular flexibility index (Phi) is 12.7. The van der Waals surface area contributed by atoms with Crippen LogP contribution in [0.25, 0.3) is 0 Å². The zero-order valence-corrected chi connectivity index (χ0v) is 36.6. The van der Waals surface area contributed by atoms with Crippen LogP contribution in [0.5, 0.6) is 0 Å². The van der Waals surface area contributed by atoms with E-state index in [1.165, 1.54) is 7.11 Å². The summed E-state index contributed by atoms with van der Waals surface area (Å²) in [5, 5.41) is 22.5. The highest BCUT2D eigenvalue weighted by Crippen LogP contribution is 2.54. The summed E-state index contributed by atoms with van der Waals surface area (Å²) in [5.41, 5.74) is 1.69. The summed E-state index contributed by atoms with van der Waals surface area (Å²) in [7, 11) is 1.39. The molecule has 0 aromatic heterocycles. The summed E-state index contributed by atoms with van der Waals surface area (Å²) in [6, 6.07) is 0. The number of carbonyl (C=O) groups excluding carboxylic acids is 1. The molecule has 10 aliphatic heterocycles. The fourth-order valence-electron chi connectivity index (χ4n) is 11.7. The number of methoxy groups -OCH3 is 1. The molecule has 14 nitrogen and oxygen atoms in total. The number of ether oxygens (including phenoxy) is 11. The number of alkyl halides is 1. The largest absolute Gasteiger partial charge is 0.469 e. The molecule has 0 saturated carbocycles. The molecule has 4 unspecified atom stereocenters. The van der Waals surface area contributed by atoms with Gasteiger partial charge in [-0.3, -0.25) is 4.79 Å². The van der Waals surface area contributed by atoms with Crippen molar-refractivity contribution in [3.63, 3.8) is 0 Å². The monoisotopic (exact) mass is 866 g/mol. The van der Waals surface area contributed by atoms with Crippen molar-refractivity contribution in [2.24, 2.45) is 11.8 Å². The molecule has 15 heteroatoms. The smallest absolute Gasteiger partial charge is 0.308 e. The maximum atomic E-state index is 12.0. The number of hydrogen-bond donors (Lipinski definition) is 2. The summed E-state index contributed by atoms with van der Waals surface area (Å²) >= 11 is 6.97. The van der Waals surface area contributed by atoms with E-state index in [9.17, 15) is 15.0 Å². The Bertz CT molecular complexity index is 1600. The third-order valence-corrected chi connectivity index (χ3v) is 15.4.